The first-order chi connectivity index (χ1) is 12.6. The quantitative estimate of drug-likeness (QED) is 0.811. The lowest BCUT2D eigenvalue weighted by Crippen LogP contribution is -2.31. The summed E-state index contributed by atoms with van der Waals surface area (Å²) in [6, 6.07) is 6.74. The van der Waals surface area contributed by atoms with Crippen LogP contribution in [0.25, 0.3) is 0 Å². The number of ether oxygens (including phenoxy) is 1. The number of methoxy groups -OCH3 is 1. The molecule has 1 fully saturated rings. The Morgan fingerprint density at radius 3 is 2.96 bits per heavy atom. The molecule has 1 aliphatic rings. The Labute approximate surface area is 152 Å². The number of nitrogens with zero attached hydrogens (tertiary/aromatic N) is 5. The Balaban J connectivity index is 1.65. The largest absolute Gasteiger partial charge is 0.374 e. The van der Waals surface area contributed by atoms with Crippen LogP contribution in [0.2, 0.25) is 0 Å². The second kappa shape index (κ2) is 8.25. The van der Waals surface area contributed by atoms with Crippen molar-refractivity contribution in [3.05, 3.63) is 41.3 Å². The molecule has 0 saturated carbocycles. The van der Waals surface area contributed by atoms with Crippen molar-refractivity contribution in [1.82, 2.24) is 15.0 Å². The van der Waals surface area contributed by atoms with Crippen molar-refractivity contribution in [2.45, 2.75) is 26.0 Å². The zero-order valence-electron chi connectivity index (χ0n) is 15.0. The first-order valence-corrected chi connectivity index (χ1v) is 8.63. The molecule has 1 saturated heterocycles. The maximum Gasteiger partial charge on any atom is 0.240 e. The molecular formula is C18H22FN5O2. The van der Waals surface area contributed by atoms with E-state index < -0.39 is 5.82 Å². The van der Waals surface area contributed by atoms with E-state index in [-0.39, 0.29) is 11.7 Å². The average molecular weight is 359 g/mol. The second-order valence-electron chi connectivity index (χ2n) is 6.29. The minimum Gasteiger partial charge on any atom is -0.374 e. The number of halogens is 1. The summed E-state index contributed by atoms with van der Waals surface area (Å²) in [5.41, 5.74) is 0.763. The maximum absolute atomic E-state index is 13.9. The predicted octanol–water partition coefficient (Wildman–Crippen LogP) is 2.50. The first kappa shape index (κ1) is 18.3. The van der Waals surface area contributed by atoms with Crippen molar-refractivity contribution >= 4 is 5.69 Å². The van der Waals surface area contributed by atoms with Gasteiger partial charge in [-0.15, -0.1) is 0 Å². The topological polar surface area (TPSA) is 78.4 Å². The lowest BCUT2D eigenvalue weighted by atomic mass is 10.1. The third-order valence-corrected chi connectivity index (χ3v) is 4.59. The highest BCUT2D eigenvalue weighted by Gasteiger charge is 2.21. The number of hydrogen-bond acceptors (Lipinski definition) is 7. The van der Waals surface area contributed by atoms with Crippen LogP contribution in [0.3, 0.4) is 0 Å². The number of anilines is 1. The van der Waals surface area contributed by atoms with E-state index >= 15 is 0 Å². The van der Waals surface area contributed by atoms with Gasteiger partial charge in [0.05, 0.1) is 12.2 Å². The summed E-state index contributed by atoms with van der Waals surface area (Å²) in [6.07, 6.45) is 0.695. The van der Waals surface area contributed by atoms with Crippen LogP contribution in [0.15, 0.2) is 22.7 Å². The van der Waals surface area contributed by atoms with E-state index in [1.54, 1.807) is 19.2 Å². The van der Waals surface area contributed by atoms with Gasteiger partial charge in [-0.3, -0.25) is 4.90 Å². The number of benzene rings is 1. The number of hydrogen-bond donors (Lipinski definition) is 0. The lowest BCUT2D eigenvalue weighted by Gasteiger charge is -2.24. The van der Waals surface area contributed by atoms with E-state index in [0.29, 0.717) is 30.5 Å². The van der Waals surface area contributed by atoms with Crippen LogP contribution in [0.1, 0.15) is 36.7 Å². The van der Waals surface area contributed by atoms with Crippen molar-refractivity contribution in [3.8, 4) is 6.07 Å². The summed E-state index contributed by atoms with van der Waals surface area (Å²) in [7, 11) is 1.60. The van der Waals surface area contributed by atoms with Crippen LogP contribution in [0, 0.1) is 17.1 Å². The van der Waals surface area contributed by atoms with Crippen LogP contribution in [-0.2, 0) is 11.3 Å². The van der Waals surface area contributed by atoms with Crippen LogP contribution >= 0.6 is 0 Å². The van der Waals surface area contributed by atoms with Gasteiger partial charge >= 0.3 is 0 Å². The van der Waals surface area contributed by atoms with E-state index in [2.05, 4.69) is 19.9 Å². The van der Waals surface area contributed by atoms with Gasteiger partial charge in [-0.05, 0) is 25.5 Å². The molecule has 0 spiro atoms. The lowest BCUT2D eigenvalue weighted by molar-refractivity contribution is 0.109. The molecule has 0 radical (unpaired) electrons. The van der Waals surface area contributed by atoms with Gasteiger partial charge in [-0.2, -0.15) is 10.2 Å². The fourth-order valence-corrected chi connectivity index (χ4v) is 3.05. The van der Waals surface area contributed by atoms with Gasteiger partial charge in [-0.25, -0.2) is 4.39 Å². The van der Waals surface area contributed by atoms with Crippen molar-refractivity contribution in [3.63, 3.8) is 0 Å². The highest BCUT2D eigenvalue weighted by atomic mass is 19.1. The number of rotatable bonds is 5. The Bertz CT molecular complexity index is 788. The third kappa shape index (κ3) is 4.00. The smallest absolute Gasteiger partial charge is 0.240 e. The van der Waals surface area contributed by atoms with Gasteiger partial charge < -0.3 is 14.2 Å². The molecule has 1 aromatic carbocycles. The third-order valence-electron chi connectivity index (χ3n) is 4.59. The van der Waals surface area contributed by atoms with Gasteiger partial charge in [0.25, 0.3) is 0 Å². The molecule has 2 aromatic rings. The van der Waals surface area contributed by atoms with Crippen molar-refractivity contribution in [2.75, 3.05) is 38.2 Å². The van der Waals surface area contributed by atoms with Gasteiger partial charge in [-0.1, -0.05) is 11.2 Å². The molecule has 0 bridgehead atoms. The van der Waals surface area contributed by atoms with Crippen LogP contribution in [0.5, 0.6) is 0 Å². The minimum atomic E-state index is -0.475. The van der Waals surface area contributed by atoms with Crippen molar-refractivity contribution in [1.29, 1.82) is 5.26 Å². The van der Waals surface area contributed by atoms with E-state index in [1.807, 2.05) is 13.0 Å². The van der Waals surface area contributed by atoms with Crippen LogP contribution in [0.4, 0.5) is 10.1 Å². The summed E-state index contributed by atoms with van der Waals surface area (Å²) in [5.74, 6) is 0.620. The molecule has 7 nitrogen and oxygen atoms in total. The maximum atomic E-state index is 13.9. The summed E-state index contributed by atoms with van der Waals surface area (Å²) in [5, 5.41) is 13.2. The molecule has 1 atom stereocenters. The molecule has 1 aromatic heterocycles. The first-order valence-electron chi connectivity index (χ1n) is 8.63. The number of nitriles is 1. The Hall–Kier alpha value is -2.50. The Morgan fingerprint density at radius 1 is 1.35 bits per heavy atom. The Kier molecular flexibility index (Phi) is 5.81. The minimum absolute atomic E-state index is 0.107. The average Bonchev–Trinajstić information content (AvgIpc) is 2.99. The SMILES string of the molecule is COC(C)c1noc(CN2CCCN(c3cccc(F)c3C#N)CC2)n1. The number of aromatic nitrogens is 2. The molecule has 0 amide bonds. The molecule has 8 heteroatoms. The predicted molar refractivity (Wildman–Crippen MR) is 92.9 cm³/mol. The fraction of sp³-hybridized carbons (Fsp3) is 0.500. The molecule has 2 heterocycles. The van der Waals surface area contributed by atoms with Crippen molar-refractivity contribution < 1.29 is 13.7 Å². The van der Waals surface area contributed by atoms with Crippen molar-refractivity contribution in [2.24, 2.45) is 0 Å². The van der Waals surface area contributed by atoms with E-state index in [4.69, 9.17) is 9.26 Å². The molecule has 1 aliphatic heterocycles. The highest BCUT2D eigenvalue weighted by molar-refractivity contribution is 5.59. The molecule has 0 N–H and O–H groups in total. The fourth-order valence-electron chi connectivity index (χ4n) is 3.05. The molecule has 1 unspecified atom stereocenters. The molecule has 26 heavy (non-hydrogen) atoms. The normalized spacial score (nSPS) is 16.9. The molecule has 3 rings (SSSR count). The van der Waals surface area contributed by atoms with Gasteiger partial charge in [0.2, 0.25) is 5.89 Å². The molecule has 138 valence electrons. The summed E-state index contributed by atoms with van der Waals surface area (Å²) in [4.78, 5) is 8.66. The molecular weight excluding hydrogens is 337 g/mol. The highest BCUT2D eigenvalue weighted by Crippen LogP contribution is 2.24. The zero-order chi connectivity index (χ0) is 18.5. The summed E-state index contributed by atoms with van der Waals surface area (Å²) < 4.78 is 24.4. The standard InChI is InChI=1S/C18H22FN5O2/c1-13(25-2)18-21-17(26-22-18)12-23-7-4-8-24(10-9-23)16-6-3-5-15(19)14(16)11-20/h3,5-6,13H,4,7-10,12H2,1-2H3. The van der Waals surface area contributed by atoms with Gasteiger partial charge in [0, 0.05) is 33.3 Å². The van der Waals surface area contributed by atoms with Gasteiger partial charge in [0.15, 0.2) is 5.82 Å². The zero-order valence-corrected chi connectivity index (χ0v) is 15.0. The monoisotopic (exact) mass is 359 g/mol. The Morgan fingerprint density at radius 2 is 2.19 bits per heavy atom. The summed E-state index contributed by atoms with van der Waals surface area (Å²) in [6.45, 7) is 5.53. The van der Waals surface area contributed by atoms with Crippen LogP contribution < -0.4 is 4.90 Å². The second-order valence-corrected chi connectivity index (χ2v) is 6.29. The van der Waals surface area contributed by atoms with Gasteiger partial charge in [0.1, 0.15) is 23.6 Å². The van der Waals surface area contributed by atoms with E-state index in [0.717, 1.165) is 26.1 Å². The summed E-state index contributed by atoms with van der Waals surface area (Å²) >= 11 is 0. The van der Waals surface area contributed by atoms with E-state index in [9.17, 15) is 9.65 Å². The van der Waals surface area contributed by atoms with E-state index in [1.165, 1.54) is 6.07 Å². The molecule has 0 aliphatic carbocycles. The van der Waals surface area contributed by atoms with Crippen LogP contribution in [-0.4, -0.2) is 48.3 Å².